The molecule has 1 aromatic heterocycles. The Labute approximate surface area is 167 Å². The Bertz CT molecular complexity index is 696. The van der Waals surface area contributed by atoms with Gasteiger partial charge in [0.2, 0.25) is 0 Å². The standard InChI is InChI=1S/C21H32N4O3/c1-14(13-26)19(25-17-7-5-4-6-8-17)9-10-23-20-16(12-22)11-18(15(2)24-20)21(27)28-3/h11,14,17,19,25-26H,4-10,13H2,1-3H3,(H,23,24). The summed E-state index contributed by atoms with van der Waals surface area (Å²) < 4.78 is 4.74. The number of nitrogens with zero attached hydrogens (tertiary/aromatic N) is 2. The minimum atomic E-state index is -0.499. The lowest BCUT2D eigenvalue weighted by Gasteiger charge is -2.31. The second kappa shape index (κ2) is 11.0. The van der Waals surface area contributed by atoms with Crippen LogP contribution in [0.15, 0.2) is 6.07 Å². The lowest BCUT2D eigenvalue weighted by atomic mass is 9.92. The molecule has 0 saturated heterocycles. The van der Waals surface area contributed by atoms with Gasteiger partial charge in [-0.2, -0.15) is 5.26 Å². The summed E-state index contributed by atoms with van der Waals surface area (Å²) in [6.45, 7) is 4.53. The van der Waals surface area contributed by atoms with Crippen LogP contribution in [-0.2, 0) is 4.74 Å². The topological polar surface area (TPSA) is 107 Å². The quantitative estimate of drug-likeness (QED) is 0.558. The number of aliphatic hydroxyl groups excluding tert-OH is 1. The molecule has 0 radical (unpaired) electrons. The van der Waals surface area contributed by atoms with Crippen molar-refractivity contribution in [3.05, 3.63) is 22.9 Å². The van der Waals surface area contributed by atoms with Crippen LogP contribution in [-0.4, -0.2) is 48.4 Å². The minimum Gasteiger partial charge on any atom is -0.465 e. The molecule has 0 amide bonds. The predicted octanol–water partition coefficient (Wildman–Crippen LogP) is 2.77. The van der Waals surface area contributed by atoms with Crippen LogP contribution in [0.4, 0.5) is 5.82 Å². The number of pyridine rings is 1. The van der Waals surface area contributed by atoms with E-state index in [0.717, 1.165) is 6.42 Å². The third-order valence-corrected chi connectivity index (χ3v) is 5.52. The number of hydrogen-bond donors (Lipinski definition) is 3. The monoisotopic (exact) mass is 388 g/mol. The van der Waals surface area contributed by atoms with Gasteiger partial charge < -0.3 is 20.5 Å². The van der Waals surface area contributed by atoms with E-state index in [1.54, 1.807) is 6.92 Å². The van der Waals surface area contributed by atoms with E-state index < -0.39 is 5.97 Å². The SMILES string of the molecule is COC(=O)c1cc(C#N)c(NCCC(NC2CCCCC2)C(C)CO)nc1C. The summed E-state index contributed by atoms with van der Waals surface area (Å²) in [5, 5.41) is 26.0. The Balaban J connectivity index is 2.01. The first-order chi connectivity index (χ1) is 13.5. The molecule has 1 heterocycles. The van der Waals surface area contributed by atoms with E-state index in [4.69, 9.17) is 4.74 Å². The van der Waals surface area contributed by atoms with E-state index in [1.807, 2.05) is 0 Å². The molecule has 0 bridgehead atoms. The molecule has 0 aromatic carbocycles. The van der Waals surface area contributed by atoms with Gasteiger partial charge in [0.05, 0.1) is 23.9 Å². The van der Waals surface area contributed by atoms with E-state index in [9.17, 15) is 15.2 Å². The van der Waals surface area contributed by atoms with Gasteiger partial charge >= 0.3 is 5.97 Å². The summed E-state index contributed by atoms with van der Waals surface area (Å²) in [5.41, 5.74) is 1.14. The van der Waals surface area contributed by atoms with Crippen LogP contribution in [0.3, 0.4) is 0 Å². The molecule has 7 heteroatoms. The maximum atomic E-state index is 11.8. The molecule has 1 aliphatic carbocycles. The predicted molar refractivity (Wildman–Crippen MR) is 108 cm³/mol. The molecule has 2 atom stereocenters. The van der Waals surface area contributed by atoms with Gasteiger partial charge in [0.1, 0.15) is 11.9 Å². The summed E-state index contributed by atoms with van der Waals surface area (Å²) in [6.07, 6.45) is 7.02. The van der Waals surface area contributed by atoms with Crippen molar-refractivity contribution in [3.8, 4) is 6.07 Å². The second-order valence-electron chi connectivity index (χ2n) is 7.60. The summed E-state index contributed by atoms with van der Waals surface area (Å²) in [4.78, 5) is 16.2. The van der Waals surface area contributed by atoms with Crippen molar-refractivity contribution in [2.45, 2.75) is 64.5 Å². The lowest BCUT2D eigenvalue weighted by Crippen LogP contribution is -2.44. The molecular weight excluding hydrogens is 356 g/mol. The summed E-state index contributed by atoms with van der Waals surface area (Å²) >= 11 is 0. The normalized spacial score (nSPS) is 16.8. The first-order valence-corrected chi connectivity index (χ1v) is 10.1. The van der Waals surface area contributed by atoms with Crippen molar-refractivity contribution in [2.24, 2.45) is 5.92 Å². The van der Waals surface area contributed by atoms with Gasteiger partial charge in [-0.3, -0.25) is 0 Å². The van der Waals surface area contributed by atoms with E-state index in [2.05, 4.69) is 28.6 Å². The summed E-state index contributed by atoms with van der Waals surface area (Å²) in [6, 6.07) is 4.32. The number of esters is 1. The fourth-order valence-electron chi connectivity index (χ4n) is 3.72. The largest absolute Gasteiger partial charge is 0.465 e. The van der Waals surface area contributed by atoms with Crippen molar-refractivity contribution in [1.82, 2.24) is 10.3 Å². The number of aromatic nitrogens is 1. The van der Waals surface area contributed by atoms with Crippen molar-refractivity contribution in [1.29, 1.82) is 5.26 Å². The average Bonchev–Trinajstić information content (AvgIpc) is 2.72. The Morgan fingerprint density at radius 2 is 2.14 bits per heavy atom. The van der Waals surface area contributed by atoms with Crippen LogP contribution in [0.2, 0.25) is 0 Å². The van der Waals surface area contributed by atoms with E-state index >= 15 is 0 Å². The number of ether oxygens (including phenoxy) is 1. The maximum absolute atomic E-state index is 11.8. The number of aryl methyl sites for hydroxylation is 1. The number of rotatable bonds is 9. The number of carbonyl (C=O) groups excluding carboxylic acids is 1. The fourth-order valence-corrected chi connectivity index (χ4v) is 3.72. The molecule has 3 N–H and O–H groups in total. The first-order valence-electron chi connectivity index (χ1n) is 10.1. The fraction of sp³-hybridized carbons (Fsp3) is 0.667. The third kappa shape index (κ3) is 5.91. The molecule has 1 aromatic rings. The Morgan fingerprint density at radius 3 is 2.75 bits per heavy atom. The smallest absolute Gasteiger partial charge is 0.339 e. The Morgan fingerprint density at radius 1 is 1.43 bits per heavy atom. The molecule has 0 aliphatic heterocycles. The van der Waals surface area contributed by atoms with Crippen LogP contribution in [0.1, 0.15) is 67.1 Å². The number of nitrogens with one attached hydrogen (secondary N) is 2. The van der Waals surface area contributed by atoms with Crippen molar-refractivity contribution in [2.75, 3.05) is 25.6 Å². The number of nitriles is 1. The third-order valence-electron chi connectivity index (χ3n) is 5.52. The van der Waals surface area contributed by atoms with Crippen molar-refractivity contribution < 1.29 is 14.6 Å². The Hall–Kier alpha value is -2.17. The number of hydrogen-bond acceptors (Lipinski definition) is 7. The maximum Gasteiger partial charge on any atom is 0.339 e. The van der Waals surface area contributed by atoms with Crippen LogP contribution < -0.4 is 10.6 Å². The highest BCUT2D eigenvalue weighted by Crippen LogP contribution is 2.21. The van der Waals surface area contributed by atoms with E-state index in [-0.39, 0.29) is 18.6 Å². The first kappa shape index (κ1) is 22.1. The lowest BCUT2D eigenvalue weighted by molar-refractivity contribution is 0.0599. The highest BCUT2D eigenvalue weighted by atomic mass is 16.5. The number of anilines is 1. The zero-order chi connectivity index (χ0) is 20.5. The minimum absolute atomic E-state index is 0.138. The zero-order valence-corrected chi connectivity index (χ0v) is 17.1. The van der Waals surface area contributed by atoms with E-state index in [1.165, 1.54) is 45.3 Å². The highest BCUT2D eigenvalue weighted by molar-refractivity contribution is 5.91. The number of aliphatic hydroxyl groups is 1. The molecule has 2 unspecified atom stereocenters. The zero-order valence-electron chi connectivity index (χ0n) is 17.1. The highest BCUT2D eigenvalue weighted by Gasteiger charge is 2.22. The summed E-state index contributed by atoms with van der Waals surface area (Å²) in [7, 11) is 1.31. The number of methoxy groups -OCH3 is 1. The van der Waals surface area contributed by atoms with Gasteiger partial charge in [-0.05, 0) is 38.2 Å². The average molecular weight is 389 g/mol. The van der Waals surface area contributed by atoms with Gasteiger partial charge in [-0.15, -0.1) is 0 Å². The van der Waals surface area contributed by atoms with Crippen LogP contribution in [0.25, 0.3) is 0 Å². The van der Waals surface area contributed by atoms with Gasteiger partial charge in [-0.25, -0.2) is 9.78 Å². The van der Waals surface area contributed by atoms with Crippen LogP contribution >= 0.6 is 0 Å². The Kier molecular flexibility index (Phi) is 8.68. The molecule has 7 nitrogen and oxygen atoms in total. The van der Waals surface area contributed by atoms with Crippen molar-refractivity contribution >= 4 is 11.8 Å². The molecule has 154 valence electrons. The molecule has 1 aliphatic rings. The van der Waals surface area contributed by atoms with Gasteiger partial charge in [-0.1, -0.05) is 26.2 Å². The van der Waals surface area contributed by atoms with Crippen molar-refractivity contribution in [3.63, 3.8) is 0 Å². The van der Waals surface area contributed by atoms with E-state index in [0.29, 0.717) is 35.2 Å². The molecule has 28 heavy (non-hydrogen) atoms. The molecule has 1 saturated carbocycles. The van der Waals surface area contributed by atoms with Crippen LogP contribution in [0.5, 0.6) is 0 Å². The van der Waals surface area contributed by atoms with Gasteiger partial charge in [0.25, 0.3) is 0 Å². The molecule has 0 spiro atoms. The molecule has 1 fully saturated rings. The number of carbonyl (C=O) groups is 1. The van der Waals surface area contributed by atoms with Gasteiger partial charge in [0.15, 0.2) is 0 Å². The molecular formula is C21H32N4O3. The van der Waals surface area contributed by atoms with Crippen LogP contribution in [0, 0.1) is 24.2 Å². The molecule has 2 rings (SSSR count). The summed E-state index contributed by atoms with van der Waals surface area (Å²) in [5.74, 6) is 0.123. The van der Waals surface area contributed by atoms with Gasteiger partial charge in [0, 0.05) is 25.2 Å². The second-order valence-corrected chi connectivity index (χ2v) is 7.60.